The lowest BCUT2D eigenvalue weighted by atomic mass is 9.88. The maximum absolute atomic E-state index is 13.6. The van der Waals surface area contributed by atoms with Crippen LogP contribution in [0.4, 0.5) is 4.39 Å². The molecule has 2 heterocycles. The van der Waals surface area contributed by atoms with Gasteiger partial charge in [-0.15, -0.1) is 0 Å². The molecule has 1 aromatic carbocycles. The fourth-order valence-corrected chi connectivity index (χ4v) is 5.16. The van der Waals surface area contributed by atoms with Crippen LogP contribution in [0.2, 0.25) is 0 Å². The van der Waals surface area contributed by atoms with Gasteiger partial charge in [-0.05, 0) is 49.3 Å². The summed E-state index contributed by atoms with van der Waals surface area (Å²) in [6, 6.07) is 6.56. The van der Waals surface area contributed by atoms with Crippen LogP contribution in [0.3, 0.4) is 0 Å². The van der Waals surface area contributed by atoms with Crippen LogP contribution >= 0.6 is 0 Å². The maximum Gasteiger partial charge on any atom is 0.225 e. The third-order valence-electron chi connectivity index (χ3n) is 6.60. The predicted octanol–water partition coefficient (Wildman–Crippen LogP) is 3.75. The van der Waals surface area contributed by atoms with Crippen molar-refractivity contribution in [3.63, 3.8) is 0 Å². The number of carbonyl (C=O) groups is 2. The van der Waals surface area contributed by atoms with Crippen LogP contribution in [0.25, 0.3) is 0 Å². The van der Waals surface area contributed by atoms with E-state index in [0.717, 1.165) is 50.6 Å². The van der Waals surface area contributed by atoms with E-state index in [2.05, 4.69) is 0 Å². The molecule has 2 amide bonds. The lowest BCUT2D eigenvalue weighted by molar-refractivity contribution is -0.138. The molecule has 0 aromatic heterocycles. The molecular weight excluding hydrogens is 343 g/mol. The Balaban J connectivity index is 1.49. The molecule has 27 heavy (non-hydrogen) atoms. The molecule has 0 radical (unpaired) electrons. The van der Waals surface area contributed by atoms with Gasteiger partial charge in [0.2, 0.25) is 11.8 Å². The first-order valence-electron chi connectivity index (χ1n) is 10.4. The Morgan fingerprint density at radius 1 is 1.07 bits per heavy atom. The third-order valence-corrected chi connectivity index (χ3v) is 6.60. The maximum atomic E-state index is 13.6. The van der Waals surface area contributed by atoms with E-state index >= 15 is 0 Å². The minimum atomic E-state index is -0.271. The summed E-state index contributed by atoms with van der Waals surface area (Å²) in [4.78, 5) is 29.7. The Morgan fingerprint density at radius 2 is 1.89 bits per heavy atom. The van der Waals surface area contributed by atoms with Crippen molar-refractivity contribution in [1.29, 1.82) is 0 Å². The van der Waals surface area contributed by atoms with E-state index in [1.807, 2.05) is 15.9 Å². The summed E-state index contributed by atoms with van der Waals surface area (Å²) in [6.45, 7) is 1.84. The zero-order chi connectivity index (χ0) is 18.8. The second-order valence-electron chi connectivity index (χ2n) is 8.45. The minimum Gasteiger partial charge on any atom is -0.340 e. The zero-order valence-corrected chi connectivity index (χ0v) is 15.9. The molecule has 4 nitrogen and oxygen atoms in total. The van der Waals surface area contributed by atoms with Gasteiger partial charge < -0.3 is 9.80 Å². The Hall–Kier alpha value is -1.91. The number of rotatable bonds is 3. The summed E-state index contributed by atoms with van der Waals surface area (Å²) in [5.41, 5.74) is 0.820. The number of hydrogen-bond acceptors (Lipinski definition) is 2. The summed E-state index contributed by atoms with van der Waals surface area (Å²) in [7, 11) is 0. The number of hydrogen-bond donors (Lipinski definition) is 0. The number of nitrogens with zero attached hydrogens (tertiary/aromatic N) is 2. The molecule has 3 fully saturated rings. The van der Waals surface area contributed by atoms with Gasteiger partial charge in [0.15, 0.2) is 0 Å². The molecule has 4 rings (SSSR count). The minimum absolute atomic E-state index is 0.0656. The van der Waals surface area contributed by atoms with Gasteiger partial charge in [0, 0.05) is 32.0 Å². The average molecular weight is 372 g/mol. The third kappa shape index (κ3) is 4.02. The summed E-state index contributed by atoms with van der Waals surface area (Å²) in [5.74, 6) is 0.678. The number of halogens is 1. The first-order valence-corrected chi connectivity index (χ1v) is 10.4. The van der Waals surface area contributed by atoms with Crippen LogP contribution in [0.5, 0.6) is 0 Å². The molecule has 0 bridgehead atoms. The van der Waals surface area contributed by atoms with Crippen molar-refractivity contribution >= 4 is 11.8 Å². The number of benzene rings is 1. The Morgan fingerprint density at radius 3 is 2.67 bits per heavy atom. The zero-order valence-electron chi connectivity index (χ0n) is 15.9. The lowest BCUT2D eigenvalue weighted by Crippen LogP contribution is -2.44. The van der Waals surface area contributed by atoms with E-state index in [4.69, 9.17) is 0 Å². The van der Waals surface area contributed by atoms with Crippen LogP contribution in [-0.4, -0.2) is 40.7 Å². The van der Waals surface area contributed by atoms with Crippen molar-refractivity contribution in [3.05, 3.63) is 35.6 Å². The highest BCUT2D eigenvalue weighted by Gasteiger charge is 2.42. The molecule has 146 valence electrons. The van der Waals surface area contributed by atoms with Crippen molar-refractivity contribution in [2.45, 2.75) is 64.0 Å². The summed E-state index contributed by atoms with van der Waals surface area (Å²) < 4.78 is 13.6. The van der Waals surface area contributed by atoms with Crippen molar-refractivity contribution in [2.24, 2.45) is 11.8 Å². The Labute approximate surface area is 160 Å². The highest BCUT2D eigenvalue weighted by molar-refractivity contribution is 5.80. The van der Waals surface area contributed by atoms with E-state index in [0.29, 0.717) is 31.3 Å². The van der Waals surface area contributed by atoms with Gasteiger partial charge in [-0.1, -0.05) is 31.4 Å². The standard InChI is InChI=1S/C22H29FN2O2/c23-19-10-4-6-16(12-19)13-25-20-15-24(14-18(20)9-5-11-21(25)26)22(27)17-7-2-1-3-8-17/h4,6,10,12,17-18,20H,1-3,5,7-9,11,13-15H2/t18-,20+/m1/s1. The van der Waals surface area contributed by atoms with Gasteiger partial charge in [0.1, 0.15) is 5.82 Å². The molecule has 0 N–H and O–H groups in total. The quantitative estimate of drug-likeness (QED) is 0.811. The van der Waals surface area contributed by atoms with Crippen molar-refractivity contribution < 1.29 is 14.0 Å². The Kier molecular flexibility index (Phi) is 5.46. The van der Waals surface area contributed by atoms with Crippen LogP contribution in [0.15, 0.2) is 24.3 Å². The fraction of sp³-hybridized carbons (Fsp3) is 0.636. The second-order valence-corrected chi connectivity index (χ2v) is 8.45. The summed E-state index contributed by atoms with van der Waals surface area (Å²) in [5, 5.41) is 0. The highest BCUT2D eigenvalue weighted by Crippen LogP contribution is 2.34. The van der Waals surface area contributed by atoms with Gasteiger partial charge >= 0.3 is 0 Å². The molecular formula is C22H29FN2O2. The molecule has 5 heteroatoms. The smallest absolute Gasteiger partial charge is 0.225 e. The number of likely N-dealkylation sites (tertiary alicyclic amines) is 2. The largest absolute Gasteiger partial charge is 0.340 e. The molecule has 2 atom stereocenters. The summed E-state index contributed by atoms with van der Waals surface area (Å²) in [6.07, 6.45) is 8.00. The average Bonchev–Trinajstić information content (AvgIpc) is 3.04. The predicted molar refractivity (Wildman–Crippen MR) is 101 cm³/mol. The number of fused-ring (bicyclic) bond motifs is 1. The summed E-state index contributed by atoms with van der Waals surface area (Å²) >= 11 is 0. The molecule has 0 unspecified atom stereocenters. The number of amides is 2. The molecule has 1 aromatic rings. The fourth-order valence-electron chi connectivity index (χ4n) is 5.16. The molecule has 1 saturated carbocycles. The van der Waals surface area contributed by atoms with E-state index in [9.17, 15) is 14.0 Å². The van der Waals surface area contributed by atoms with Crippen LogP contribution in [-0.2, 0) is 16.1 Å². The van der Waals surface area contributed by atoms with Gasteiger partial charge in [-0.3, -0.25) is 9.59 Å². The van der Waals surface area contributed by atoms with E-state index in [1.165, 1.54) is 18.6 Å². The van der Waals surface area contributed by atoms with E-state index in [1.54, 1.807) is 6.07 Å². The van der Waals surface area contributed by atoms with Gasteiger partial charge in [0.25, 0.3) is 0 Å². The van der Waals surface area contributed by atoms with Crippen LogP contribution in [0.1, 0.15) is 56.9 Å². The normalized spacial score (nSPS) is 26.8. The van der Waals surface area contributed by atoms with Crippen LogP contribution < -0.4 is 0 Å². The van der Waals surface area contributed by atoms with Crippen molar-refractivity contribution in [2.75, 3.05) is 13.1 Å². The van der Waals surface area contributed by atoms with Crippen molar-refractivity contribution in [1.82, 2.24) is 9.80 Å². The first-order chi connectivity index (χ1) is 13.1. The van der Waals surface area contributed by atoms with Crippen molar-refractivity contribution in [3.8, 4) is 0 Å². The highest BCUT2D eigenvalue weighted by atomic mass is 19.1. The lowest BCUT2D eigenvalue weighted by Gasteiger charge is -2.31. The van der Waals surface area contributed by atoms with Crippen LogP contribution in [0, 0.1) is 17.7 Å². The van der Waals surface area contributed by atoms with E-state index in [-0.39, 0.29) is 23.7 Å². The van der Waals surface area contributed by atoms with Gasteiger partial charge in [0.05, 0.1) is 6.04 Å². The monoisotopic (exact) mass is 372 g/mol. The first kappa shape index (κ1) is 18.5. The topological polar surface area (TPSA) is 40.6 Å². The second kappa shape index (κ2) is 7.99. The van der Waals surface area contributed by atoms with Gasteiger partial charge in [-0.25, -0.2) is 4.39 Å². The molecule has 1 aliphatic carbocycles. The molecule has 3 aliphatic rings. The molecule has 0 spiro atoms. The molecule has 2 saturated heterocycles. The molecule has 2 aliphatic heterocycles. The SMILES string of the molecule is O=C(C1CCCCC1)N1C[C@H]2CCCC(=O)N(Cc3cccc(F)c3)[C@H]2C1. The number of carbonyl (C=O) groups excluding carboxylic acids is 2. The van der Waals surface area contributed by atoms with E-state index < -0.39 is 0 Å². The Bertz CT molecular complexity index is 701. The van der Waals surface area contributed by atoms with Gasteiger partial charge in [-0.2, -0.15) is 0 Å².